The molecule has 0 aliphatic carbocycles. The van der Waals surface area contributed by atoms with Crippen LogP contribution in [0, 0.1) is 0 Å². The number of para-hydroxylation sites is 1. The second-order valence-corrected chi connectivity index (χ2v) is 3.08. The number of aryl methyl sites for hydroxylation is 1. The van der Waals surface area contributed by atoms with E-state index in [0.29, 0.717) is 0 Å². The number of hydrogen-bond donors (Lipinski definition) is 1. The highest BCUT2D eigenvalue weighted by Gasteiger charge is 2.03. The van der Waals surface area contributed by atoms with Crippen LogP contribution in [-0.4, -0.2) is 11.7 Å². The van der Waals surface area contributed by atoms with Gasteiger partial charge in [0, 0.05) is 12.0 Å². The van der Waals surface area contributed by atoms with Crippen molar-refractivity contribution < 1.29 is 9.52 Å². The fraction of sp³-hybridized carbons (Fsp3) is 0.273. The minimum atomic E-state index is 0.236. The highest BCUT2D eigenvalue weighted by Crippen LogP contribution is 2.21. The zero-order chi connectivity index (χ0) is 9.10. The molecule has 0 atom stereocenters. The van der Waals surface area contributed by atoms with Crippen molar-refractivity contribution in [3.05, 3.63) is 36.1 Å². The van der Waals surface area contributed by atoms with Crippen LogP contribution in [0.4, 0.5) is 0 Å². The Labute approximate surface area is 76.8 Å². The summed E-state index contributed by atoms with van der Waals surface area (Å²) in [5.41, 5.74) is 2.11. The summed E-state index contributed by atoms with van der Waals surface area (Å²) < 4.78 is 5.36. The SMILES string of the molecule is OCCCc1coc2ccccc12. The molecule has 0 amide bonds. The first-order chi connectivity index (χ1) is 6.42. The Morgan fingerprint density at radius 2 is 2.08 bits per heavy atom. The van der Waals surface area contributed by atoms with Crippen LogP contribution in [-0.2, 0) is 6.42 Å². The number of aliphatic hydroxyl groups excluding tert-OH is 1. The Kier molecular flexibility index (Phi) is 2.32. The first kappa shape index (κ1) is 8.32. The van der Waals surface area contributed by atoms with E-state index in [1.54, 1.807) is 6.26 Å². The number of hydrogen-bond acceptors (Lipinski definition) is 2. The molecule has 13 heavy (non-hydrogen) atoms. The summed E-state index contributed by atoms with van der Waals surface area (Å²) in [6, 6.07) is 7.96. The van der Waals surface area contributed by atoms with Gasteiger partial charge in [-0.25, -0.2) is 0 Å². The molecule has 2 rings (SSSR count). The Bertz CT molecular complexity index is 390. The lowest BCUT2D eigenvalue weighted by molar-refractivity contribution is 0.288. The Hall–Kier alpha value is -1.28. The predicted molar refractivity (Wildman–Crippen MR) is 51.6 cm³/mol. The maximum absolute atomic E-state index is 8.71. The van der Waals surface area contributed by atoms with Gasteiger partial charge in [-0.05, 0) is 24.5 Å². The van der Waals surface area contributed by atoms with Crippen molar-refractivity contribution in [1.82, 2.24) is 0 Å². The maximum atomic E-state index is 8.71. The molecule has 1 aromatic carbocycles. The number of aliphatic hydroxyl groups is 1. The quantitative estimate of drug-likeness (QED) is 0.778. The summed E-state index contributed by atoms with van der Waals surface area (Å²) in [4.78, 5) is 0. The van der Waals surface area contributed by atoms with Crippen LogP contribution in [0.2, 0.25) is 0 Å². The Balaban J connectivity index is 2.35. The van der Waals surface area contributed by atoms with E-state index in [1.165, 1.54) is 5.56 Å². The zero-order valence-electron chi connectivity index (χ0n) is 7.36. The Morgan fingerprint density at radius 3 is 2.92 bits per heavy atom. The van der Waals surface area contributed by atoms with Crippen molar-refractivity contribution in [1.29, 1.82) is 0 Å². The number of rotatable bonds is 3. The molecule has 2 nitrogen and oxygen atoms in total. The van der Waals surface area contributed by atoms with E-state index < -0.39 is 0 Å². The van der Waals surface area contributed by atoms with Gasteiger partial charge in [-0.1, -0.05) is 18.2 Å². The smallest absolute Gasteiger partial charge is 0.134 e. The van der Waals surface area contributed by atoms with Crippen molar-refractivity contribution in [3.8, 4) is 0 Å². The third-order valence-corrected chi connectivity index (χ3v) is 2.17. The minimum Gasteiger partial charge on any atom is -0.464 e. The van der Waals surface area contributed by atoms with Gasteiger partial charge >= 0.3 is 0 Å². The lowest BCUT2D eigenvalue weighted by Crippen LogP contribution is -1.87. The van der Waals surface area contributed by atoms with Gasteiger partial charge in [-0.15, -0.1) is 0 Å². The van der Waals surface area contributed by atoms with Gasteiger partial charge in [-0.3, -0.25) is 0 Å². The van der Waals surface area contributed by atoms with Gasteiger partial charge in [0.1, 0.15) is 5.58 Å². The molecule has 0 aliphatic rings. The van der Waals surface area contributed by atoms with Crippen molar-refractivity contribution in [2.45, 2.75) is 12.8 Å². The van der Waals surface area contributed by atoms with Gasteiger partial charge < -0.3 is 9.52 Å². The molecule has 1 N–H and O–H groups in total. The molecule has 2 heteroatoms. The van der Waals surface area contributed by atoms with Crippen molar-refractivity contribution >= 4 is 11.0 Å². The molecule has 1 heterocycles. The topological polar surface area (TPSA) is 33.4 Å². The Morgan fingerprint density at radius 1 is 1.23 bits per heavy atom. The van der Waals surface area contributed by atoms with Crippen LogP contribution in [0.3, 0.4) is 0 Å². The summed E-state index contributed by atoms with van der Waals surface area (Å²) in [5.74, 6) is 0. The molecule has 0 saturated carbocycles. The molecular formula is C11H12O2. The van der Waals surface area contributed by atoms with Crippen LogP contribution in [0.1, 0.15) is 12.0 Å². The number of fused-ring (bicyclic) bond motifs is 1. The van der Waals surface area contributed by atoms with Crippen molar-refractivity contribution in [3.63, 3.8) is 0 Å². The van der Waals surface area contributed by atoms with Crippen LogP contribution < -0.4 is 0 Å². The third-order valence-electron chi connectivity index (χ3n) is 2.17. The molecule has 0 aliphatic heterocycles. The highest BCUT2D eigenvalue weighted by atomic mass is 16.3. The van der Waals surface area contributed by atoms with Gasteiger partial charge in [0.05, 0.1) is 6.26 Å². The average Bonchev–Trinajstić information content (AvgIpc) is 2.58. The van der Waals surface area contributed by atoms with E-state index in [-0.39, 0.29) is 6.61 Å². The molecule has 0 unspecified atom stereocenters. The highest BCUT2D eigenvalue weighted by molar-refractivity contribution is 5.80. The fourth-order valence-corrected chi connectivity index (χ4v) is 1.50. The first-order valence-electron chi connectivity index (χ1n) is 4.48. The molecule has 0 radical (unpaired) electrons. The number of benzene rings is 1. The molecule has 1 aromatic heterocycles. The first-order valence-corrected chi connectivity index (χ1v) is 4.48. The van der Waals surface area contributed by atoms with Crippen molar-refractivity contribution in [2.24, 2.45) is 0 Å². The average molecular weight is 176 g/mol. The molecule has 0 bridgehead atoms. The molecule has 0 saturated heterocycles. The summed E-state index contributed by atoms with van der Waals surface area (Å²) in [5, 5.41) is 9.87. The fourth-order valence-electron chi connectivity index (χ4n) is 1.50. The predicted octanol–water partition coefficient (Wildman–Crippen LogP) is 2.36. The normalized spacial score (nSPS) is 10.8. The number of furan rings is 1. The van der Waals surface area contributed by atoms with E-state index >= 15 is 0 Å². The minimum absolute atomic E-state index is 0.236. The lowest BCUT2D eigenvalue weighted by atomic mass is 10.1. The van der Waals surface area contributed by atoms with E-state index in [0.717, 1.165) is 23.8 Å². The molecule has 0 spiro atoms. The van der Waals surface area contributed by atoms with E-state index in [1.807, 2.05) is 24.3 Å². The van der Waals surface area contributed by atoms with Crippen molar-refractivity contribution in [2.75, 3.05) is 6.61 Å². The second-order valence-electron chi connectivity index (χ2n) is 3.08. The van der Waals surface area contributed by atoms with Gasteiger partial charge in [0.2, 0.25) is 0 Å². The maximum Gasteiger partial charge on any atom is 0.134 e. The molecular weight excluding hydrogens is 164 g/mol. The molecule has 68 valence electrons. The summed E-state index contributed by atoms with van der Waals surface area (Å²) in [7, 11) is 0. The van der Waals surface area contributed by atoms with Gasteiger partial charge in [-0.2, -0.15) is 0 Å². The van der Waals surface area contributed by atoms with E-state index in [9.17, 15) is 0 Å². The van der Waals surface area contributed by atoms with E-state index in [2.05, 4.69) is 0 Å². The summed E-state index contributed by atoms with van der Waals surface area (Å²) >= 11 is 0. The van der Waals surface area contributed by atoms with Crippen LogP contribution in [0.25, 0.3) is 11.0 Å². The van der Waals surface area contributed by atoms with Gasteiger partial charge in [0.15, 0.2) is 0 Å². The van der Waals surface area contributed by atoms with Crippen LogP contribution in [0.5, 0.6) is 0 Å². The summed E-state index contributed by atoms with van der Waals surface area (Å²) in [6.07, 6.45) is 3.46. The molecule has 2 aromatic rings. The van der Waals surface area contributed by atoms with Gasteiger partial charge in [0.25, 0.3) is 0 Å². The zero-order valence-corrected chi connectivity index (χ0v) is 7.36. The van der Waals surface area contributed by atoms with E-state index in [4.69, 9.17) is 9.52 Å². The van der Waals surface area contributed by atoms with Crippen LogP contribution in [0.15, 0.2) is 34.9 Å². The standard InChI is InChI=1S/C11H12O2/c12-7-3-4-9-8-13-11-6-2-1-5-10(9)11/h1-2,5-6,8,12H,3-4,7H2. The molecule has 0 fully saturated rings. The second kappa shape index (κ2) is 3.62. The lowest BCUT2D eigenvalue weighted by Gasteiger charge is -1.94. The summed E-state index contributed by atoms with van der Waals surface area (Å²) in [6.45, 7) is 0.236. The monoisotopic (exact) mass is 176 g/mol. The largest absolute Gasteiger partial charge is 0.464 e. The third kappa shape index (κ3) is 1.58. The van der Waals surface area contributed by atoms with Crippen LogP contribution >= 0.6 is 0 Å².